The van der Waals surface area contributed by atoms with Crippen LogP contribution in [-0.2, 0) is 23.4 Å². The average Bonchev–Trinajstić information content (AvgIpc) is 2.25. The Morgan fingerprint density at radius 2 is 1.79 bits per heavy atom. The maximum atomic E-state index is 12.5. The van der Waals surface area contributed by atoms with Crippen LogP contribution in [0.2, 0.25) is 0 Å². The van der Waals surface area contributed by atoms with Crippen molar-refractivity contribution in [2.75, 3.05) is 20.1 Å². The molecule has 0 amide bonds. The Morgan fingerprint density at radius 3 is 2.21 bits per heavy atom. The maximum absolute atomic E-state index is 12.5. The standard InChI is InChI=1S/C12H26NO5P/c1-9(2)7-17-19(15,8-16-6)13-11(5)12(14)18-10(3)4/h9-11H,7-8H2,1-6H3,(H,13,15)/t11-,19?/m0/s1. The Balaban J connectivity index is 4.55. The number of esters is 1. The number of carbonyl (C=O) groups is 1. The highest BCUT2D eigenvalue weighted by Gasteiger charge is 2.29. The average molecular weight is 295 g/mol. The minimum Gasteiger partial charge on any atom is -0.462 e. The zero-order valence-electron chi connectivity index (χ0n) is 12.6. The summed E-state index contributed by atoms with van der Waals surface area (Å²) < 4.78 is 27.8. The molecule has 0 saturated carbocycles. The van der Waals surface area contributed by atoms with Gasteiger partial charge >= 0.3 is 5.97 Å². The monoisotopic (exact) mass is 295 g/mol. The number of rotatable bonds is 9. The highest BCUT2D eigenvalue weighted by Crippen LogP contribution is 2.43. The van der Waals surface area contributed by atoms with Crippen LogP contribution >= 0.6 is 7.52 Å². The third kappa shape index (κ3) is 8.37. The molecule has 0 spiro atoms. The van der Waals surface area contributed by atoms with Gasteiger partial charge < -0.3 is 14.0 Å². The van der Waals surface area contributed by atoms with Crippen LogP contribution in [0, 0.1) is 5.92 Å². The van der Waals surface area contributed by atoms with E-state index in [4.69, 9.17) is 14.0 Å². The van der Waals surface area contributed by atoms with Gasteiger partial charge in [0.05, 0.1) is 12.7 Å². The second-order valence-electron chi connectivity index (χ2n) is 5.12. The summed E-state index contributed by atoms with van der Waals surface area (Å²) in [5, 5.41) is 2.69. The Labute approximate surface area is 115 Å². The first-order valence-corrected chi connectivity index (χ1v) is 8.22. The minimum absolute atomic E-state index is 0.0843. The minimum atomic E-state index is -3.20. The molecule has 7 heteroatoms. The predicted molar refractivity (Wildman–Crippen MR) is 74.1 cm³/mol. The Hall–Kier alpha value is -0.420. The highest BCUT2D eigenvalue weighted by molar-refractivity contribution is 7.56. The molecule has 114 valence electrons. The summed E-state index contributed by atoms with van der Waals surface area (Å²) in [6, 6.07) is -0.712. The molecule has 0 saturated heterocycles. The molecule has 0 fully saturated rings. The largest absolute Gasteiger partial charge is 0.462 e. The van der Waals surface area contributed by atoms with Crippen molar-refractivity contribution >= 4 is 13.5 Å². The van der Waals surface area contributed by atoms with Gasteiger partial charge in [-0.1, -0.05) is 13.8 Å². The maximum Gasteiger partial charge on any atom is 0.323 e. The third-order valence-corrected chi connectivity index (χ3v) is 3.96. The smallest absolute Gasteiger partial charge is 0.323 e. The summed E-state index contributed by atoms with van der Waals surface area (Å²) in [6.45, 7) is 9.34. The van der Waals surface area contributed by atoms with Gasteiger partial charge in [-0.2, -0.15) is 0 Å². The van der Waals surface area contributed by atoms with Crippen LogP contribution < -0.4 is 5.09 Å². The summed E-state index contributed by atoms with van der Waals surface area (Å²) in [5.74, 6) is -0.218. The zero-order chi connectivity index (χ0) is 15.1. The van der Waals surface area contributed by atoms with Crippen molar-refractivity contribution in [3.8, 4) is 0 Å². The van der Waals surface area contributed by atoms with Crippen LogP contribution in [0.5, 0.6) is 0 Å². The summed E-state index contributed by atoms with van der Waals surface area (Å²) in [6.07, 6.45) is -0.297. The van der Waals surface area contributed by atoms with Crippen LogP contribution in [0.15, 0.2) is 0 Å². The molecule has 2 atom stereocenters. The van der Waals surface area contributed by atoms with Crippen molar-refractivity contribution in [2.24, 2.45) is 5.92 Å². The van der Waals surface area contributed by atoms with Gasteiger partial charge in [0.2, 0.25) is 0 Å². The molecule has 1 N–H and O–H groups in total. The van der Waals surface area contributed by atoms with Crippen molar-refractivity contribution in [1.29, 1.82) is 0 Å². The SMILES string of the molecule is COCP(=O)(N[C@@H](C)C(=O)OC(C)C)OCC(C)C. The molecule has 0 aromatic carbocycles. The van der Waals surface area contributed by atoms with Gasteiger partial charge in [-0.25, -0.2) is 5.09 Å². The van der Waals surface area contributed by atoms with E-state index >= 15 is 0 Å². The van der Waals surface area contributed by atoms with Gasteiger partial charge in [0.15, 0.2) is 0 Å². The molecule has 0 aliphatic rings. The lowest BCUT2D eigenvalue weighted by Crippen LogP contribution is -2.36. The number of carbonyl (C=O) groups excluding carboxylic acids is 1. The summed E-state index contributed by atoms with van der Waals surface area (Å²) >= 11 is 0. The molecule has 0 radical (unpaired) electrons. The predicted octanol–water partition coefficient (Wildman–Crippen LogP) is 2.39. The van der Waals surface area contributed by atoms with Crippen LogP contribution in [0.1, 0.15) is 34.6 Å². The van der Waals surface area contributed by atoms with E-state index in [2.05, 4.69) is 5.09 Å². The second kappa shape index (κ2) is 8.69. The molecule has 0 aromatic rings. The molecule has 6 nitrogen and oxygen atoms in total. The Morgan fingerprint density at radius 1 is 1.21 bits per heavy atom. The summed E-state index contributed by atoms with van der Waals surface area (Å²) in [4.78, 5) is 11.7. The molecule has 0 aromatic heterocycles. The fourth-order valence-electron chi connectivity index (χ4n) is 1.23. The first kappa shape index (κ1) is 18.6. The molecule has 0 aliphatic heterocycles. The lowest BCUT2D eigenvalue weighted by atomic mass is 10.2. The van der Waals surface area contributed by atoms with Gasteiger partial charge in [-0.05, 0) is 26.7 Å². The normalized spacial score (nSPS) is 16.4. The number of hydrogen-bond acceptors (Lipinski definition) is 5. The molecule has 0 aliphatic carbocycles. The fourth-order valence-corrected chi connectivity index (χ4v) is 3.03. The topological polar surface area (TPSA) is 73.9 Å². The van der Waals surface area contributed by atoms with Gasteiger partial charge in [-0.15, -0.1) is 0 Å². The van der Waals surface area contributed by atoms with Crippen LogP contribution in [0.25, 0.3) is 0 Å². The lowest BCUT2D eigenvalue weighted by Gasteiger charge is -2.23. The number of hydrogen-bond donors (Lipinski definition) is 1. The summed E-state index contributed by atoms with van der Waals surface area (Å²) in [5.41, 5.74) is 0. The first-order chi connectivity index (χ1) is 8.70. The number of ether oxygens (including phenoxy) is 2. The van der Waals surface area contributed by atoms with Gasteiger partial charge in [-0.3, -0.25) is 9.36 Å². The van der Waals surface area contributed by atoms with Crippen molar-refractivity contribution in [3.05, 3.63) is 0 Å². The Kier molecular flexibility index (Phi) is 8.50. The van der Waals surface area contributed by atoms with E-state index in [-0.39, 0.29) is 18.4 Å². The number of methoxy groups -OCH3 is 1. The van der Waals surface area contributed by atoms with Crippen molar-refractivity contribution in [1.82, 2.24) is 5.09 Å². The van der Waals surface area contributed by atoms with E-state index in [0.29, 0.717) is 6.61 Å². The van der Waals surface area contributed by atoms with E-state index in [0.717, 1.165) is 0 Å². The van der Waals surface area contributed by atoms with Crippen LogP contribution in [-0.4, -0.2) is 38.2 Å². The molecule has 0 bridgehead atoms. The van der Waals surface area contributed by atoms with Crippen molar-refractivity contribution in [2.45, 2.75) is 46.8 Å². The second-order valence-corrected chi connectivity index (χ2v) is 7.24. The van der Waals surface area contributed by atoms with Crippen molar-refractivity contribution < 1.29 is 23.4 Å². The fraction of sp³-hybridized carbons (Fsp3) is 0.917. The van der Waals surface area contributed by atoms with Gasteiger partial charge in [0.1, 0.15) is 12.4 Å². The quantitative estimate of drug-likeness (QED) is 0.520. The van der Waals surface area contributed by atoms with E-state index in [1.165, 1.54) is 7.11 Å². The molecule has 0 rings (SSSR count). The zero-order valence-corrected chi connectivity index (χ0v) is 13.5. The summed E-state index contributed by atoms with van der Waals surface area (Å²) in [7, 11) is -1.77. The van der Waals surface area contributed by atoms with Crippen molar-refractivity contribution in [3.63, 3.8) is 0 Å². The molecule has 1 unspecified atom stereocenters. The van der Waals surface area contributed by atoms with E-state index in [1.54, 1.807) is 20.8 Å². The van der Waals surface area contributed by atoms with E-state index < -0.39 is 19.5 Å². The van der Waals surface area contributed by atoms with Crippen LogP contribution in [0.3, 0.4) is 0 Å². The van der Waals surface area contributed by atoms with Crippen LogP contribution in [0.4, 0.5) is 0 Å². The van der Waals surface area contributed by atoms with E-state index in [1.807, 2.05) is 13.8 Å². The third-order valence-electron chi connectivity index (χ3n) is 2.01. The molecular formula is C12H26NO5P. The Bertz CT molecular complexity index is 319. The molecule has 0 heterocycles. The van der Waals surface area contributed by atoms with E-state index in [9.17, 15) is 9.36 Å². The number of nitrogens with one attached hydrogen (secondary N) is 1. The molecular weight excluding hydrogens is 269 g/mol. The van der Waals surface area contributed by atoms with Gasteiger partial charge in [0.25, 0.3) is 7.52 Å². The van der Waals surface area contributed by atoms with Gasteiger partial charge in [0, 0.05) is 7.11 Å². The highest BCUT2D eigenvalue weighted by atomic mass is 31.2. The molecule has 19 heavy (non-hydrogen) atoms. The lowest BCUT2D eigenvalue weighted by molar-refractivity contribution is -0.149. The first-order valence-electron chi connectivity index (χ1n) is 6.41.